The topological polar surface area (TPSA) is 104 Å². The van der Waals surface area contributed by atoms with E-state index in [-0.39, 0.29) is 12.8 Å². The van der Waals surface area contributed by atoms with E-state index in [1.165, 1.54) is 12.4 Å². The Balaban J connectivity index is 2.63. The number of hydrogen-bond donors (Lipinski definition) is 3. The highest BCUT2D eigenvalue weighted by Gasteiger charge is 2.05. The summed E-state index contributed by atoms with van der Waals surface area (Å²) < 4.78 is 0. The molecule has 76 valence electrons. The minimum absolute atomic E-state index is 0.0135. The zero-order chi connectivity index (χ0) is 10.6. The number of carbonyl (C=O) groups is 1. The fourth-order valence-corrected chi connectivity index (χ4v) is 0.920. The van der Waals surface area contributed by atoms with Gasteiger partial charge in [0, 0.05) is 18.8 Å². The van der Waals surface area contributed by atoms with Crippen LogP contribution in [0.15, 0.2) is 12.4 Å². The number of nitrogens with zero attached hydrogens (tertiary/aromatic N) is 2. The first-order valence-electron chi connectivity index (χ1n) is 3.95. The van der Waals surface area contributed by atoms with Gasteiger partial charge in [-0.15, -0.1) is 0 Å². The monoisotopic (exact) mass is 198 g/mol. The Bertz CT molecular complexity index is 310. The van der Waals surface area contributed by atoms with Crippen molar-refractivity contribution in [3.63, 3.8) is 0 Å². The first kappa shape index (κ1) is 10.6. The van der Waals surface area contributed by atoms with Crippen molar-refractivity contribution in [1.29, 1.82) is 0 Å². The molecule has 0 radical (unpaired) electrons. The highest BCUT2D eigenvalue weighted by molar-refractivity contribution is 5.69. The van der Waals surface area contributed by atoms with Gasteiger partial charge in [-0.25, -0.2) is 0 Å². The number of aromatic nitrogens is 2. The molecule has 14 heavy (non-hydrogen) atoms. The molecule has 0 saturated heterocycles. The van der Waals surface area contributed by atoms with E-state index in [4.69, 9.17) is 15.3 Å². The quantitative estimate of drug-likeness (QED) is 0.534. The lowest BCUT2D eigenvalue weighted by molar-refractivity contribution is -0.136. The zero-order valence-corrected chi connectivity index (χ0v) is 7.29. The average molecular weight is 198 g/mol. The van der Waals surface area contributed by atoms with Crippen LogP contribution in [0, 0.1) is 0 Å². The summed E-state index contributed by atoms with van der Waals surface area (Å²) in [6, 6.07) is 0. The normalized spacial score (nSPS) is 10.5. The molecule has 0 aliphatic rings. The summed E-state index contributed by atoms with van der Waals surface area (Å²) in [6.45, 7) is 0. The largest absolute Gasteiger partial charge is 0.481 e. The van der Waals surface area contributed by atoms with Crippen LogP contribution in [0.5, 0.6) is 0 Å². The van der Waals surface area contributed by atoms with Crippen LogP contribution in [0.3, 0.4) is 0 Å². The van der Waals surface area contributed by atoms with Crippen LogP contribution in [0.2, 0.25) is 0 Å². The number of aliphatic hydroxyl groups excluding tert-OH is 1. The van der Waals surface area contributed by atoms with Gasteiger partial charge in [0.1, 0.15) is 0 Å². The van der Waals surface area contributed by atoms with Crippen molar-refractivity contribution in [3.8, 4) is 0 Å². The maximum absolute atomic E-state index is 10.3. The third-order valence-corrected chi connectivity index (χ3v) is 1.48. The lowest BCUT2D eigenvalue weighted by Crippen LogP contribution is -2.11. The molecule has 0 atom stereocenters. The zero-order valence-electron chi connectivity index (χ0n) is 7.29. The minimum Gasteiger partial charge on any atom is -0.481 e. The third kappa shape index (κ3) is 3.46. The van der Waals surface area contributed by atoms with E-state index in [9.17, 15) is 4.79 Å². The maximum atomic E-state index is 10.3. The standard InChI is InChI=1S/C8H10N2O4/c11-7(12)1-5-3-10-6(4-9-5)2-8(13)14/h3-4,7,11-12H,1-2H2,(H,13,14). The summed E-state index contributed by atoms with van der Waals surface area (Å²) in [5, 5.41) is 25.7. The van der Waals surface area contributed by atoms with Gasteiger partial charge < -0.3 is 15.3 Å². The van der Waals surface area contributed by atoms with Gasteiger partial charge in [0.2, 0.25) is 0 Å². The first-order valence-corrected chi connectivity index (χ1v) is 3.95. The molecule has 0 aliphatic carbocycles. The number of carboxylic acid groups (broad SMARTS) is 1. The summed E-state index contributed by atoms with van der Waals surface area (Å²) in [7, 11) is 0. The molecule has 0 fully saturated rings. The van der Waals surface area contributed by atoms with Gasteiger partial charge in [-0.05, 0) is 0 Å². The molecule has 6 heteroatoms. The second-order valence-electron chi connectivity index (χ2n) is 2.75. The average Bonchev–Trinajstić information content (AvgIpc) is 2.06. The molecule has 0 bridgehead atoms. The molecule has 0 spiro atoms. The van der Waals surface area contributed by atoms with E-state index in [1.54, 1.807) is 0 Å². The second-order valence-corrected chi connectivity index (χ2v) is 2.75. The van der Waals surface area contributed by atoms with E-state index in [0.29, 0.717) is 11.4 Å². The number of aliphatic carboxylic acids is 1. The lowest BCUT2D eigenvalue weighted by Gasteiger charge is -2.02. The highest BCUT2D eigenvalue weighted by atomic mass is 16.5. The molecule has 6 nitrogen and oxygen atoms in total. The van der Waals surface area contributed by atoms with Gasteiger partial charge >= 0.3 is 5.97 Å². The summed E-state index contributed by atoms with van der Waals surface area (Å²) >= 11 is 0. The van der Waals surface area contributed by atoms with Crippen molar-refractivity contribution in [2.75, 3.05) is 0 Å². The van der Waals surface area contributed by atoms with Gasteiger partial charge in [-0.3, -0.25) is 14.8 Å². The van der Waals surface area contributed by atoms with Gasteiger partial charge in [-0.2, -0.15) is 0 Å². The molecule has 1 rings (SSSR count). The molecule has 0 aromatic carbocycles. The predicted octanol–water partition coefficient (Wildman–Crippen LogP) is -1.04. The SMILES string of the molecule is O=C(O)Cc1cnc(CC(O)O)cn1. The Kier molecular flexibility index (Phi) is 3.49. The Morgan fingerprint density at radius 2 is 1.86 bits per heavy atom. The number of rotatable bonds is 4. The van der Waals surface area contributed by atoms with Crippen molar-refractivity contribution in [1.82, 2.24) is 9.97 Å². The summed E-state index contributed by atoms with van der Waals surface area (Å²) in [5.74, 6) is -0.978. The van der Waals surface area contributed by atoms with Crippen LogP contribution < -0.4 is 0 Å². The molecule has 1 aromatic rings. The van der Waals surface area contributed by atoms with E-state index < -0.39 is 12.3 Å². The summed E-state index contributed by atoms with van der Waals surface area (Å²) in [6.07, 6.45) is 0.980. The van der Waals surface area contributed by atoms with Crippen LogP contribution in [-0.2, 0) is 17.6 Å². The van der Waals surface area contributed by atoms with E-state index in [1.807, 2.05) is 0 Å². The third-order valence-electron chi connectivity index (χ3n) is 1.48. The molecule has 0 aliphatic heterocycles. The minimum atomic E-state index is -1.46. The lowest BCUT2D eigenvalue weighted by atomic mass is 10.3. The molecule has 0 unspecified atom stereocenters. The number of carboxylic acids is 1. The first-order chi connectivity index (χ1) is 6.58. The molecular formula is C8H10N2O4. The van der Waals surface area contributed by atoms with Gasteiger partial charge in [0.15, 0.2) is 6.29 Å². The van der Waals surface area contributed by atoms with Crippen molar-refractivity contribution in [3.05, 3.63) is 23.8 Å². The van der Waals surface area contributed by atoms with Crippen LogP contribution >= 0.6 is 0 Å². The molecule has 3 N–H and O–H groups in total. The van der Waals surface area contributed by atoms with Gasteiger partial charge in [-0.1, -0.05) is 0 Å². The van der Waals surface area contributed by atoms with E-state index in [0.717, 1.165) is 0 Å². The summed E-state index contributed by atoms with van der Waals surface area (Å²) in [4.78, 5) is 17.9. The van der Waals surface area contributed by atoms with Gasteiger partial charge in [0.25, 0.3) is 0 Å². The Morgan fingerprint density at radius 1 is 1.29 bits per heavy atom. The van der Waals surface area contributed by atoms with E-state index in [2.05, 4.69) is 9.97 Å². The van der Waals surface area contributed by atoms with Crippen LogP contribution in [0.25, 0.3) is 0 Å². The van der Waals surface area contributed by atoms with Crippen molar-refractivity contribution in [2.24, 2.45) is 0 Å². The molecular weight excluding hydrogens is 188 g/mol. The molecule has 0 amide bonds. The van der Waals surface area contributed by atoms with Crippen LogP contribution in [-0.4, -0.2) is 37.5 Å². The fraction of sp³-hybridized carbons (Fsp3) is 0.375. The van der Waals surface area contributed by atoms with Crippen molar-refractivity contribution in [2.45, 2.75) is 19.1 Å². The van der Waals surface area contributed by atoms with E-state index >= 15 is 0 Å². The predicted molar refractivity (Wildman–Crippen MR) is 45.3 cm³/mol. The van der Waals surface area contributed by atoms with Crippen molar-refractivity contribution >= 4 is 5.97 Å². The Labute approximate surface area is 79.9 Å². The highest BCUT2D eigenvalue weighted by Crippen LogP contribution is 1.99. The van der Waals surface area contributed by atoms with Crippen LogP contribution in [0.1, 0.15) is 11.4 Å². The Morgan fingerprint density at radius 3 is 2.29 bits per heavy atom. The number of aliphatic hydroxyl groups is 2. The number of hydrogen-bond acceptors (Lipinski definition) is 5. The molecule has 1 heterocycles. The van der Waals surface area contributed by atoms with Crippen molar-refractivity contribution < 1.29 is 20.1 Å². The summed E-state index contributed by atoms with van der Waals surface area (Å²) in [5.41, 5.74) is 0.753. The smallest absolute Gasteiger partial charge is 0.309 e. The maximum Gasteiger partial charge on any atom is 0.309 e. The molecule has 0 saturated carbocycles. The molecule has 1 aromatic heterocycles. The van der Waals surface area contributed by atoms with Gasteiger partial charge in [0.05, 0.1) is 17.8 Å². The Hall–Kier alpha value is -1.53. The second kappa shape index (κ2) is 4.64. The fourth-order valence-electron chi connectivity index (χ4n) is 0.920. The van der Waals surface area contributed by atoms with Crippen LogP contribution in [0.4, 0.5) is 0 Å².